The normalized spacial score (nSPS) is 10.8. The van der Waals surface area contributed by atoms with E-state index in [0.717, 1.165) is 11.1 Å². The van der Waals surface area contributed by atoms with Gasteiger partial charge in [-0.3, -0.25) is 13.9 Å². The van der Waals surface area contributed by atoms with Gasteiger partial charge in [-0.2, -0.15) is 0 Å². The Hall–Kier alpha value is -3.08. The Labute approximate surface area is 151 Å². The Morgan fingerprint density at radius 1 is 0.769 bits per heavy atom. The third kappa shape index (κ3) is 3.77. The van der Waals surface area contributed by atoms with Gasteiger partial charge in [-0.25, -0.2) is 4.79 Å². The molecule has 0 amide bonds. The lowest BCUT2D eigenvalue weighted by Crippen LogP contribution is -2.41. The van der Waals surface area contributed by atoms with Crippen molar-refractivity contribution in [3.05, 3.63) is 98.2 Å². The molecule has 0 unspecified atom stereocenters. The summed E-state index contributed by atoms with van der Waals surface area (Å²) in [5.41, 5.74) is 1.42. The van der Waals surface area contributed by atoms with Gasteiger partial charge in [0.15, 0.2) is 0 Å². The van der Waals surface area contributed by atoms with E-state index in [1.165, 1.54) is 9.13 Å². The fraction of sp³-hybridized carbons (Fsp3) is 0.238. The summed E-state index contributed by atoms with van der Waals surface area (Å²) in [4.78, 5) is 25.2. The zero-order valence-corrected chi connectivity index (χ0v) is 14.8. The van der Waals surface area contributed by atoms with E-state index in [-0.39, 0.29) is 18.0 Å². The zero-order valence-electron chi connectivity index (χ0n) is 14.8. The van der Waals surface area contributed by atoms with Gasteiger partial charge in [-0.05, 0) is 30.9 Å². The predicted octanol–water partition coefficient (Wildman–Crippen LogP) is 2.51. The van der Waals surface area contributed by atoms with Gasteiger partial charge in [-0.15, -0.1) is 0 Å². The molecule has 26 heavy (non-hydrogen) atoms. The van der Waals surface area contributed by atoms with Crippen molar-refractivity contribution in [1.29, 1.82) is 0 Å². The second-order valence-corrected chi connectivity index (χ2v) is 6.31. The quantitative estimate of drug-likeness (QED) is 0.743. The molecule has 1 N–H and O–H groups in total. The van der Waals surface area contributed by atoms with Crippen LogP contribution in [0.4, 0.5) is 0 Å². The van der Waals surface area contributed by atoms with Gasteiger partial charge >= 0.3 is 5.69 Å². The lowest BCUT2D eigenvalue weighted by atomic mass is 10.1. The second-order valence-electron chi connectivity index (χ2n) is 6.31. The number of rotatable bonds is 6. The van der Waals surface area contributed by atoms with Crippen LogP contribution in [0.2, 0.25) is 0 Å². The minimum Gasteiger partial charge on any atom is -0.494 e. The summed E-state index contributed by atoms with van der Waals surface area (Å²) in [5.74, 6) is -0.244. The van der Waals surface area contributed by atoms with Gasteiger partial charge in [0.1, 0.15) is 0 Å². The number of hydrogen-bond donors (Lipinski definition) is 1. The Bertz CT molecular complexity index is 990. The lowest BCUT2D eigenvalue weighted by Gasteiger charge is -2.14. The first-order valence-electron chi connectivity index (χ1n) is 8.69. The molecule has 0 atom stereocenters. The Balaban J connectivity index is 1.88. The highest BCUT2D eigenvalue weighted by Crippen LogP contribution is 2.11. The van der Waals surface area contributed by atoms with Crippen molar-refractivity contribution in [2.75, 3.05) is 0 Å². The highest BCUT2D eigenvalue weighted by atomic mass is 16.3. The topological polar surface area (TPSA) is 64.2 Å². The Morgan fingerprint density at radius 3 is 1.73 bits per heavy atom. The first-order chi connectivity index (χ1) is 12.6. The molecular formula is C21H22N2O3. The van der Waals surface area contributed by atoms with Gasteiger partial charge in [0.25, 0.3) is 5.56 Å². The number of aromatic nitrogens is 2. The van der Waals surface area contributed by atoms with Crippen LogP contribution >= 0.6 is 0 Å². The summed E-state index contributed by atoms with van der Waals surface area (Å²) < 4.78 is 2.50. The Morgan fingerprint density at radius 2 is 1.23 bits per heavy atom. The molecule has 1 aromatic heterocycles. The molecule has 0 aliphatic rings. The second kappa shape index (κ2) is 7.87. The van der Waals surface area contributed by atoms with Crippen LogP contribution in [0, 0.1) is 6.92 Å². The van der Waals surface area contributed by atoms with E-state index in [1.54, 1.807) is 6.92 Å². The average Bonchev–Trinajstić information content (AvgIpc) is 2.68. The summed E-state index contributed by atoms with van der Waals surface area (Å²) in [6, 6.07) is 19.5. The monoisotopic (exact) mass is 350 g/mol. The first-order valence-corrected chi connectivity index (χ1v) is 8.69. The molecule has 0 radical (unpaired) electrons. The van der Waals surface area contributed by atoms with Crippen molar-refractivity contribution < 1.29 is 5.11 Å². The van der Waals surface area contributed by atoms with Crippen LogP contribution < -0.4 is 11.2 Å². The van der Waals surface area contributed by atoms with Crippen LogP contribution in [0.5, 0.6) is 5.88 Å². The summed E-state index contributed by atoms with van der Waals surface area (Å²) >= 11 is 0. The average molecular weight is 350 g/mol. The maximum atomic E-state index is 12.8. The fourth-order valence-corrected chi connectivity index (χ4v) is 2.99. The third-order valence-corrected chi connectivity index (χ3v) is 4.55. The highest BCUT2D eigenvalue weighted by molar-refractivity contribution is 5.22. The molecule has 0 aliphatic heterocycles. The number of aryl methyl sites for hydroxylation is 2. The van der Waals surface area contributed by atoms with Crippen LogP contribution in [-0.4, -0.2) is 14.2 Å². The minimum atomic E-state index is -0.468. The molecule has 0 bridgehead atoms. The van der Waals surface area contributed by atoms with Crippen LogP contribution in [0.15, 0.2) is 70.3 Å². The smallest absolute Gasteiger partial charge is 0.333 e. The minimum absolute atomic E-state index is 0.200. The van der Waals surface area contributed by atoms with Crippen molar-refractivity contribution in [1.82, 2.24) is 9.13 Å². The van der Waals surface area contributed by atoms with E-state index in [2.05, 4.69) is 0 Å². The predicted molar refractivity (Wildman–Crippen MR) is 102 cm³/mol. The molecule has 134 valence electrons. The number of aromatic hydroxyl groups is 1. The summed E-state index contributed by atoms with van der Waals surface area (Å²) in [7, 11) is 0. The van der Waals surface area contributed by atoms with Crippen LogP contribution in [-0.2, 0) is 25.9 Å². The molecule has 3 aromatic rings. The SMILES string of the molecule is Cc1c(O)n(CCc2ccccc2)c(=O)n(CCc2ccccc2)c1=O. The zero-order chi connectivity index (χ0) is 18.5. The molecular weight excluding hydrogens is 328 g/mol. The van der Waals surface area contributed by atoms with E-state index >= 15 is 0 Å². The van der Waals surface area contributed by atoms with Crippen molar-refractivity contribution >= 4 is 0 Å². The van der Waals surface area contributed by atoms with Gasteiger partial charge in [0, 0.05) is 13.1 Å². The standard InChI is InChI=1S/C21H22N2O3/c1-16-19(24)22(14-12-17-8-4-2-5-9-17)21(26)23(20(16)25)15-13-18-10-6-3-7-11-18/h2-11,24H,12-15H2,1H3. The maximum Gasteiger partial charge on any atom is 0.333 e. The van der Waals surface area contributed by atoms with E-state index in [9.17, 15) is 14.7 Å². The lowest BCUT2D eigenvalue weighted by molar-refractivity contribution is 0.383. The Kier molecular flexibility index (Phi) is 5.37. The summed E-state index contributed by atoms with van der Waals surface area (Å²) in [6.45, 7) is 2.16. The summed E-state index contributed by atoms with van der Waals surface area (Å²) in [5, 5.41) is 10.3. The van der Waals surface area contributed by atoms with Gasteiger partial charge < -0.3 is 5.11 Å². The number of hydrogen-bond acceptors (Lipinski definition) is 3. The van der Waals surface area contributed by atoms with Crippen molar-refractivity contribution in [2.24, 2.45) is 0 Å². The fourth-order valence-electron chi connectivity index (χ4n) is 2.99. The highest BCUT2D eigenvalue weighted by Gasteiger charge is 2.15. The van der Waals surface area contributed by atoms with E-state index in [1.807, 2.05) is 60.7 Å². The van der Waals surface area contributed by atoms with Crippen molar-refractivity contribution in [3.63, 3.8) is 0 Å². The van der Waals surface area contributed by atoms with E-state index in [0.29, 0.717) is 19.4 Å². The number of benzene rings is 2. The van der Waals surface area contributed by atoms with Crippen LogP contribution in [0.3, 0.4) is 0 Å². The first kappa shape index (κ1) is 17.7. The molecule has 0 spiro atoms. The molecule has 0 aliphatic carbocycles. The molecule has 5 heteroatoms. The van der Waals surface area contributed by atoms with E-state index < -0.39 is 11.2 Å². The van der Waals surface area contributed by atoms with Crippen LogP contribution in [0.25, 0.3) is 0 Å². The largest absolute Gasteiger partial charge is 0.494 e. The van der Waals surface area contributed by atoms with Gasteiger partial charge in [0.05, 0.1) is 5.56 Å². The maximum absolute atomic E-state index is 12.8. The molecule has 3 rings (SSSR count). The molecule has 2 aromatic carbocycles. The van der Waals surface area contributed by atoms with Crippen molar-refractivity contribution in [3.8, 4) is 5.88 Å². The number of nitrogens with zero attached hydrogens (tertiary/aromatic N) is 2. The summed E-state index contributed by atoms with van der Waals surface area (Å²) in [6.07, 6.45) is 1.18. The molecule has 0 saturated heterocycles. The molecule has 5 nitrogen and oxygen atoms in total. The van der Waals surface area contributed by atoms with Gasteiger partial charge in [-0.1, -0.05) is 60.7 Å². The van der Waals surface area contributed by atoms with Crippen molar-refractivity contribution in [2.45, 2.75) is 32.9 Å². The van der Waals surface area contributed by atoms with E-state index in [4.69, 9.17) is 0 Å². The third-order valence-electron chi connectivity index (χ3n) is 4.55. The van der Waals surface area contributed by atoms with Crippen LogP contribution in [0.1, 0.15) is 16.7 Å². The molecule has 0 fully saturated rings. The van der Waals surface area contributed by atoms with Gasteiger partial charge in [0.2, 0.25) is 5.88 Å². The molecule has 1 heterocycles. The molecule has 0 saturated carbocycles.